The molecule has 0 aliphatic rings. The maximum atomic E-state index is 13.0. The zero-order chi connectivity index (χ0) is 21.0. The molecule has 0 saturated heterocycles. The number of benzene rings is 1. The molecule has 0 bridgehead atoms. The van der Waals surface area contributed by atoms with Crippen molar-refractivity contribution in [2.75, 3.05) is 26.7 Å². The summed E-state index contributed by atoms with van der Waals surface area (Å²) in [6, 6.07) is 9.99. The van der Waals surface area contributed by atoms with E-state index in [0.717, 1.165) is 35.8 Å². The number of hydrogen-bond acceptors (Lipinski definition) is 5. The van der Waals surface area contributed by atoms with Crippen LogP contribution in [0.1, 0.15) is 47.2 Å². The minimum atomic E-state index is -0.169. The van der Waals surface area contributed by atoms with Gasteiger partial charge in [-0.25, -0.2) is 9.50 Å². The van der Waals surface area contributed by atoms with Crippen molar-refractivity contribution in [1.82, 2.24) is 24.8 Å². The number of hydrogen-bond donors (Lipinski definition) is 1. The van der Waals surface area contributed by atoms with Crippen molar-refractivity contribution in [3.8, 4) is 5.75 Å². The predicted molar refractivity (Wildman–Crippen MR) is 113 cm³/mol. The summed E-state index contributed by atoms with van der Waals surface area (Å²) in [5.74, 6) is 0.640. The van der Waals surface area contributed by atoms with Gasteiger partial charge in [0.15, 0.2) is 5.65 Å². The van der Waals surface area contributed by atoms with E-state index in [-0.39, 0.29) is 11.9 Å². The van der Waals surface area contributed by atoms with Crippen LogP contribution in [0.15, 0.2) is 36.5 Å². The van der Waals surface area contributed by atoms with Crippen LogP contribution in [-0.2, 0) is 0 Å². The number of amides is 1. The van der Waals surface area contributed by atoms with Gasteiger partial charge in [0, 0.05) is 17.9 Å². The third-order valence-corrected chi connectivity index (χ3v) is 5.21. The van der Waals surface area contributed by atoms with Crippen molar-refractivity contribution in [3.63, 3.8) is 0 Å². The van der Waals surface area contributed by atoms with Crippen LogP contribution in [0.4, 0.5) is 0 Å². The smallest absolute Gasteiger partial charge is 0.256 e. The van der Waals surface area contributed by atoms with Crippen molar-refractivity contribution in [1.29, 1.82) is 0 Å². The molecule has 154 valence electrons. The topological polar surface area (TPSA) is 71.8 Å². The average molecular weight is 396 g/mol. The molecule has 1 atom stereocenters. The van der Waals surface area contributed by atoms with Gasteiger partial charge in [-0.1, -0.05) is 26.0 Å². The molecule has 0 aliphatic heterocycles. The number of aryl methyl sites for hydroxylation is 2. The van der Waals surface area contributed by atoms with Crippen molar-refractivity contribution in [3.05, 3.63) is 59.0 Å². The van der Waals surface area contributed by atoms with Crippen LogP contribution in [0.25, 0.3) is 5.65 Å². The van der Waals surface area contributed by atoms with Gasteiger partial charge in [-0.05, 0) is 50.7 Å². The molecule has 0 fully saturated rings. The molecule has 0 spiro atoms. The Hall–Kier alpha value is -2.93. The van der Waals surface area contributed by atoms with E-state index in [2.05, 4.69) is 40.2 Å². The van der Waals surface area contributed by atoms with E-state index in [1.165, 1.54) is 0 Å². The molecule has 7 heteroatoms. The van der Waals surface area contributed by atoms with Gasteiger partial charge in [0.2, 0.25) is 0 Å². The highest BCUT2D eigenvalue weighted by Crippen LogP contribution is 2.24. The molecule has 2 aromatic heterocycles. The highest BCUT2D eigenvalue weighted by molar-refractivity contribution is 5.99. The maximum Gasteiger partial charge on any atom is 0.256 e. The minimum Gasteiger partial charge on any atom is -0.497 e. The predicted octanol–water partition coefficient (Wildman–Crippen LogP) is 3.17. The summed E-state index contributed by atoms with van der Waals surface area (Å²) in [5, 5.41) is 7.41. The number of likely N-dealkylation sites (N-methyl/N-ethyl adjacent to an activating group) is 1. The first-order valence-electron chi connectivity index (χ1n) is 9.96. The molecule has 3 rings (SSSR count). The monoisotopic (exact) mass is 395 g/mol. The molecule has 1 unspecified atom stereocenters. The van der Waals surface area contributed by atoms with Gasteiger partial charge in [-0.15, -0.1) is 0 Å². The van der Waals surface area contributed by atoms with Gasteiger partial charge >= 0.3 is 0 Å². The van der Waals surface area contributed by atoms with Gasteiger partial charge in [-0.2, -0.15) is 5.10 Å². The summed E-state index contributed by atoms with van der Waals surface area (Å²) in [7, 11) is 1.66. The Morgan fingerprint density at radius 1 is 1.24 bits per heavy atom. The lowest BCUT2D eigenvalue weighted by atomic mass is 10.0. The van der Waals surface area contributed by atoms with Gasteiger partial charge in [0.05, 0.1) is 19.3 Å². The average Bonchev–Trinajstić information content (AvgIpc) is 3.15. The van der Waals surface area contributed by atoms with Crippen LogP contribution in [0.2, 0.25) is 0 Å². The van der Waals surface area contributed by atoms with Crippen molar-refractivity contribution >= 4 is 11.6 Å². The number of carbonyl (C=O) groups excluding carboxylic acids is 1. The third-order valence-electron chi connectivity index (χ3n) is 5.21. The molecule has 3 aromatic rings. The third kappa shape index (κ3) is 4.40. The Bertz CT molecular complexity index is 994. The molecule has 0 aliphatic carbocycles. The van der Waals surface area contributed by atoms with Gasteiger partial charge in [0.1, 0.15) is 11.3 Å². The fourth-order valence-corrected chi connectivity index (χ4v) is 3.69. The van der Waals surface area contributed by atoms with E-state index >= 15 is 0 Å². The molecule has 1 N–H and O–H groups in total. The standard InChI is InChI=1S/C22H29N5O2/c1-6-26(7-2)20(17-9-8-10-18(12-17)29-5)14-23-22(28)19-13-24-27-16(4)11-15(3)25-21(19)27/h8-13,20H,6-7,14H2,1-5H3,(H,23,28). The number of carbonyl (C=O) groups is 1. The van der Waals surface area contributed by atoms with Gasteiger partial charge in [0.25, 0.3) is 5.91 Å². The Labute approximate surface area is 171 Å². The van der Waals surface area contributed by atoms with Crippen LogP contribution in [0, 0.1) is 13.8 Å². The van der Waals surface area contributed by atoms with E-state index in [4.69, 9.17) is 4.74 Å². The molecule has 0 saturated carbocycles. The summed E-state index contributed by atoms with van der Waals surface area (Å²) in [5.41, 5.74) is 3.99. The fraction of sp³-hybridized carbons (Fsp3) is 0.409. The largest absolute Gasteiger partial charge is 0.497 e. The van der Waals surface area contributed by atoms with Gasteiger partial charge < -0.3 is 10.1 Å². The number of rotatable bonds is 8. The van der Waals surface area contributed by atoms with Crippen LogP contribution in [0.5, 0.6) is 5.75 Å². The van der Waals surface area contributed by atoms with E-state index in [9.17, 15) is 4.79 Å². The molecule has 1 aromatic carbocycles. The van der Waals surface area contributed by atoms with Crippen LogP contribution >= 0.6 is 0 Å². The van der Waals surface area contributed by atoms with Crippen LogP contribution in [0.3, 0.4) is 0 Å². The van der Waals surface area contributed by atoms with Gasteiger partial charge in [-0.3, -0.25) is 9.69 Å². The first-order chi connectivity index (χ1) is 14.0. The number of ether oxygens (including phenoxy) is 1. The van der Waals surface area contributed by atoms with Crippen molar-refractivity contribution < 1.29 is 9.53 Å². The first-order valence-corrected chi connectivity index (χ1v) is 9.96. The number of fused-ring (bicyclic) bond motifs is 1. The Morgan fingerprint density at radius 3 is 2.69 bits per heavy atom. The number of nitrogens with one attached hydrogen (secondary N) is 1. The maximum absolute atomic E-state index is 13.0. The molecule has 0 radical (unpaired) electrons. The normalized spacial score (nSPS) is 12.3. The number of aromatic nitrogens is 3. The summed E-state index contributed by atoms with van der Waals surface area (Å²) >= 11 is 0. The van der Waals surface area contributed by atoms with Crippen LogP contribution < -0.4 is 10.1 Å². The van der Waals surface area contributed by atoms with Crippen molar-refractivity contribution in [2.24, 2.45) is 0 Å². The minimum absolute atomic E-state index is 0.0438. The molecule has 2 heterocycles. The van der Waals surface area contributed by atoms with E-state index in [1.807, 2.05) is 38.1 Å². The zero-order valence-electron chi connectivity index (χ0n) is 17.8. The highest BCUT2D eigenvalue weighted by atomic mass is 16.5. The van der Waals surface area contributed by atoms with Crippen molar-refractivity contribution in [2.45, 2.75) is 33.7 Å². The lowest BCUT2D eigenvalue weighted by Crippen LogP contribution is -2.38. The molecule has 7 nitrogen and oxygen atoms in total. The van der Waals surface area contributed by atoms with E-state index in [1.54, 1.807) is 17.8 Å². The second kappa shape index (κ2) is 9.05. The molecule has 29 heavy (non-hydrogen) atoms. The Balaban J connectivity index is 1.85. The first kappa shape index (κ1) is 20.8. The Morgan fingerprint density at radius 2 is 2.00 bits per heavy atom. The Kier molecular flexibility index (Phi) is 6.49. The van der Waals surface area contributed by atoms with Crippen LogP contribution in [-0.4, -0.2) is 52.1 Å². The molecular formula is C22H29N5O2. The number of nitrogens with zero attached hydrogens (tertiary/aromatic N) is 4. The lowest BCUT2D eigenvalue weighted by molar-refractivity contribution is 0.0936. The number of methoxy groups -OCH3 is 1. The fourth-order valence-electron chi connectivity index (χ4n) is 3.69. The molecule has 1 amide bonds. The quantitative estimate of drug-likeness (QED) is 0.634. The second-order valence-electron chi connectivity index (χ2n) is 7.06. The van der Waals surface area contributed by atoms with E-state index in [0.29, 0.717) is 17.8 Å². The lowest BCUT2D eigenvalue weighted by Gasteiger charge is -2.30. The SMILES string of the molecule is CCN(CC)C(CNC(=O)c1cnn2c(C)cc(C)nc12)c1cccc(OC)c1. The zero-order valence-corrected chi connectivity index (χ0v) is 17.8. The summed E-state index contributed by atoms with van der Waals surface area (Å²) in [4.78, 5) is 19.8. The summed E-state index contributed by atoms with van der Waals surface area (Å²) < 4.78 is 7.08. The van der Waals surface area contributed by atoms with E-state index < -0.39 is 0 Å². The molecular weight excluding hydrogens is 366 g/mol. The summed E-state index contributed by atoms with van der Waals surface area (Å²) in [6.45, 7) is 10.4. The summed E-state index contributed by atoms with van der Waals surface area (Å²) in [6.07, 6.45) is 1.59. The second-order valence-corrected chi connectivity index (χ2v) is 7.06. The highest BCUT2D eigenvalue weighted by Gasteiger charge is 2.21.